The van der Waals surface area contributed by atoms with Gasteiger partial charge in [0.05, 0.1) is 13.2 Å². The number of aromatic amines is 1. The van der Waals surface area contributed by atoms with E-state index in [1.807, 2.05) is 6.92 Å². The number of carbonyl (C=O) groups excluding carboxylic acids is 1. The molecule has 0 aliphatic heterocycles. The number of ether oxygens (including phenoxy) is 1. The molecule has 1 heterocycles. The Hall–Kier alpha value is -1.47. The first kappa shape index (κ1) is 13.6. The van der Waals surface area contributed by atoms with Crippen LogP contribution >= 0.6 is 0 Å². The lowest BCUT2D eigenvalue weighted by Crippen LogP contribution is -2.26. The molecule has 7 nitrogen and oxygen atoms in total. The highest BCUT2D eigenvalue weighted by molar-refractivity contribution is 5.90. The number of hydrogen-bond acceptors (Lipinski definition) is 5. The summed E-state index contributed by atoms with van der Waals surface area (Å²) in [4.78, 5) is 15.5. The minimum absolute atomic E-state index is 0.0172. The van der Waals surface area contributed by atoms with Crippen molar-refractivity contribution in [2.75, 3.05) is 26.4 Å². The summed E-state index contributed by atoms with van der Waals surface area (Å²) in [5.41, 5.74) is 0. The predicted octanol–water partition coefficient (Wildman–Crippen LogP) is -0.504. The lowest BCUT2D eigenvalue weighted by molar-refractivity contribution is 0.0863. The number of carbonyl (C=O) groups is 1. The molecule has 0 radical (unpaired) electrons. The molecule has 0 bridgehead atoms. The summed E-state index contributed by atoms with van der Waals surface area (Å²) in [7, 11) is 0. The number of aromatic nitrogens is 3. The monoisotopic (exact) mass is 242 g/mol. The molecular formula is C10H18N4O3. The van der Waals surface area contributed by atoms with E-state index < -0.39 is 0 Å². The highest BCUT2D eigenvalue weighted by atomic mass is 16.5. The molecule has 0 spiro atoms. The van der Waals surface area contributed by atoms with Crippen molar-refractivity contribution in [3.05, 3.63) is 11.6 Å². The first-order valence-electron chi connectivity index (χ1n) is 5.66. The molecule has 0 saturated carbocycles. The number of rotatable bonds is 8. The summed E-state index contributed by atoms with van der Waals surface area (Å²) in [5, 5.41) is 17.6. The summed E-state index contributed by atoms with van der Waals surface area (Å²) in [6.45, 7) is 3.29. The van der Waals surface area contributed by atoms with Gasteiger partial charge in [0.25, 0.3) is 5.91 Å². The van der Waals surface area contributed by atoms with Gasteiger partial charge < -0.3 is 15.2 Å². The maximum absolute atomic E-state index is 11.5. The molecule has 0 aliphatic rings. The Kier molecular flexibility index (Phi) is 6.19. The van der Waals surface area contributed by atoms with Crippen molar-refractivity contribution in [2.45, 2.75) is 19.8 Å². The summed E-state index contributed by atoms with van der Waals surface area (Å²) in [6, 6.07) is 0. The fourth-order valence-electron chi connectivity index (χ4n) is 1.18. The Balaban J connectivity index is 2.16. The molecule has 7 heteroatoms. The van der Waals surface area contributed by atoms with E-state index in [4.69, 9.17) is 9.84 Å². The van der Waals surface area contributed by atoms with Crippen molar-refractivity contribution in [3.63, 3.8) is 0 Å². The molecule has 1 amide bonds. The van der Waals surface area contributed by atoms with E-state index >= 15 is 0 Å². The molecule has 3 N–H and O–H groups in total. The number of amides is 1. The van der Waals surface area contributed by atoms with E-state index in [0.717, 1.165) is 6.42 Å². The first-order valence-corrected chi connectivity index (χ1v) is 5.66. The third kappa shape index (κ3) is 4.92. The molecule has 96 valence electrons. The van der Waals surface area contributed by atoms with Gasteiger partial charge in [-0.25, -0.2) is 4.98 Å². The first-order chi connectivity index (χ1) is 8.27. The highest BCUT2D eigenvalue weighted by Crippen LogP contribution is 1.93. The maximum atomic E-state index is 11.5. The summed E-state index contributed by atoms with van der Waals surface area (Å²) in [6.07, 6.45) is 1.41. The number of aryl methyl sites for hydroxylation is 1. The molecule has 0 unspecified atom stereocenters. The second kappa shape index (κ2) is 7.75. The second-order valence-corrected chi connectivity index (χ2v) is 3.40. The van der Waals surface area contributed by atoms with Gasteiger partial charge in [-0.15, -0.1) is 5.10 Å². The van der Waals surface area contributed by atoms with Crippen LogP contribution in [0.15, 0.2) is 0 Å². The van der Waals surface area contributed by atoms with Crippen molar-refractivity contribution in [2.24, 2.45) is 0 Å². The Morgan fingerprint density at radius 2 is 2.35 bits per heavy atom. The van der Waals surface area contributed by atoms with Crippen molar-refractivity contribution in [1.29, 1.82) is 0 Å². The number of aliphatic hydroxyl groups excluding tert-OH is 1. The van der Waals surface area contributed by atoms with E-state index in [9.17, 15) is 4.79 Å². The topological polar surface area (TPSA) is 100 Å². The summed E-state index contributed by atoms with van der Waals surface area (Å²) < 4.78 is 5.05. The average Bonchev–Trinajstić information content (AvgIpc) is 2.82. The third-order valence-electron chi connectivity index (χ3n) is 2.06. The molecule has 17 heavy (non-hydrogen) atoms. The van der Waals surface area contributed by atoms with E-state index in [1.54, 1.807) is 0 Å². The number of H-pyrrole nitrogens is 1. The van der Waals surface area contributed by atoms with Crippen LogP contribution in [-0.2, 0) is 11.2 Å². The van der Waals surface area contributed by atoms with Gasteiger partial charge in [-0.3, -0.25) is 9.89 Å². The minimum Gasteiger partial charge on any atom is -0.394 e. The average molecular weight is 242 g/mol. The second-order valence-electron chi connectivity index (χ2n) is 3.40. The Labute approximate surface area is 99.6 Å². The Morgan fingerprint density at radius 3 is 3.00 bits per heavy atom. The van der Waals surface area contributed by atoms with E-state index in [2.05, 4.69) is 20.5 Å². The van der Waals surface area contributed by atoms with Crippen molar-refractivity contribution in [3.8, 4) is 0 Å². The van der Waals surface area contributed by atoms with E-state index in [1.165, 1.54) is 0 Å². The van der Waals surface area contributed by atoms with E-state index in [0.29, 0.717) is 32.0 Å². The van der Waals surface area contributed by atoms with Gasteiger partial charge in [-0.05, 0) is 6.42 Å². The molecule has 1 aromatic rings. The van der Waals surface area contributed by atoms with Crippen LogP contribution in [0.4, 0.5) is 0 Å². The van der Waals surface area contributed by atoms with Gasteiger partial charge in [-0.2, -0.15) is 0 Å². The zero-order valence-corrected chi connectivity index (χ0v) is 9.90. The van der Waals surface area contributed by atoms with Crippen molar-refractivity contribution in [1.82, 2.24) is 20.5 Å². The summed E-state index contributed by atoms with van der Waals surface area (Å²) >= 11 is 0. The molecular weight excluding hydrogens is 224 g/mol. The van der Waals surface area contributed by atoms with Crippen LogP contribution in [0.25, 0.3) is 0 Å². The molecule has 0 aromatic carbocycles. The molecule has 0 fully saturated rings. The number of aliphatic hydroxyl groups is 1. The molecule has 1 aromatic heterocycles. The van der Waals surface area contributed by atoms with Crippen molar-refractivity contribution >= 4 is 5.91 Å². The van der Waals surface area contributed by atoms with Crippen LogP contribution in [0.5, 0.6) is 0 Å². The smallest absolute Gasteiger partial charge is 0.290 e. The fraction of sp³-hybridized carbons (Fsp3) is 0.700. The van der Waals surface area contributed by atoms with Gasteiger partial charge in [0.2, 0.25) is 5.82 Å². The lowest BCUT2D eigenvalue weighted by Gasteiger charge is -2.03. The zero-order chi connectivity index (χ0) is 12.5. The molecule has 1 rings (SSSR count). The lowest BCUT2D eigenvalue weighted by atomic mass is 10.4. The standard InChI is InChI=1S/C10H18N4O3/c1-2-8-12-9(14-13-8)10(16)11-4-3-6-17-7-5-15/h15H,2-7H2,1H3,(H,11,16)(H,12,13,14). The third-order valence-corrected chi connectivity index (χ3v) is 2.06. The van der Waals surface area contributed by atoms with Crippen LogP contribution in [0.1, 0.15) is 29.8 Å². The number of nitrogens with one attached hydrogen (secondary N) is 2. The molecule has 0 saturated heterocycles. The van der Waals surface area contributed by atoms with Crippen molar-refractivity contribution < 1.29 is 14.6 Å². The summed E-state index contributed by atoms with van der Waals surface area (Å²) in [5.74, 6) is 0.572. The van der Waals surface area contributed by atoms with Gasteiger partial charge in [0.15, 0.2) is 0 Å². The SMILES string of the molecule is CCc1nc(C(=O)NCCCOCCO)n[nH]1. The zero-order valence-electron chi connectivity index (χ0n) is 9.90. The molecule has 0 atom stereocenters. The van der Waals surface area contributed by atoms with Gasteiger partial charge in [0, 0.05) is 19.6 Å². The fourth-order valence-corrected chi connectivity index (χ4v) is 1.18. The van der Waals surface area contributed by atoms with Gasteiger partial charge in [-0.1, -0.05) is 6.92 Å². The van der Waals surface area contributed by atoms with Crippen LogP contribution < -0.4 is 5.32 Å². The maximum Gasteiger partial charge on any atom is 0.290 e. The Morgan fingerprint density at radius 1 is 1.53 bits per heavy atom. The quantitative estimate of drug-likeness (QED) is 0.533. The minimum atomic E-state index is -0.289. The number of hydrogen-bond donors (Lipinski definition) is 3. The van der Waals surface area contributed by atoms with Crippen LogP contribution in [0.3, 0.4) is 0 Å². The van der Waals surface area contributed by atoms with Crippen LogP contribution in [-0.4, -0.2) is 52.6 Å². The van der Waals surface area contributed by atoms with Crippen LogP contribution in [0.2, 0.25) is 0 Å². The van der Waals surface area contributed by atoms with Gasteiger partial charge >= 0.3 is 0 Å². The molecule has 0 aliphatic carbocycles. The normalized spacial score (nSPS) is 10.5. The van der Waals surface area contributed by atoms with Gasteiger partial charge in [0.1, 0.15) is 5.82 Å². The number of nitrogens with zero attached hydrogens (tertiary/aromatic N) is 2. The highest BCUT2D eigenvalue weighted by Gasteiger charge is 2.10. The Bertz CT molecular complexity index is 340. The van der Waals surface area contributed by atoms with E-state index in [-0.39, 0.29) is 18.3 Å². The largest absolute Gasteiger partial charge is 0.394 e. The predicted molar refractivity (Wildman–Crippen MR) is 60.6 cm³/mol. The van der Waals surface area contributed by atoms with Crippen LogP contribution in [0, 0.1) is 0 Å².